The number of amides is 1. The van der Waals surface area contributed by atoms with Crippen LogP contribution in [0.2, 0.25) is 0 Å². The second-order valence-corrected chi connectivity index (χ2v) is 7.56. The first kappa shape index (κ1) is 18.9. The minimum absolute atomic E-state index is 0.0548. The predicted molar refractivity (Wildman–Crippen MR) is 123 cm³/mol. The molecule has 0 fully saturated rings. The van der Waals surface area contributed by atoms with Crippen LogP contribution < -0.4 is 10.9 Å². The third-order valence-corrected chi connectivity index (χ3v) is 5.66. The maximum atomic E-state index is 12.9. The Hall–Kier alpha value is -4.12. The Morgan fingerprint density at radius 1 is 0.871 bits per heavy atom. The smallest absolute Gasteiger partial charge is 0.261 e. The van der Waals surface area contributed by atoms with Crippen LogP contribution in [0.4, 0.5) is 0 Å². The van der Waals surface area contributed by atoms with E-state index in [1.165, 1.54) is 0 Å². The van der Waals surface area contributed by atoms with Gasteiger partial charge in [0.05, 0.1) is 0 Å². The van der Waals surface area contributed by atoms with Gasteiger partial charge in [0.2, 0.25) is 0 Å². The van der Waals surface area contributed by atoms with Crippen molar-refractivity contribution in [3.8, 4) is 0 Å². The lowest BCUT2D eigenvalue weighted by Gasteiger charge is -2.18. The largest absolute Gasteiger partial charge is 0.361 e. The molecule has 0 aliphatic carbocycles. The van der Waals surface area contributed by atoms with Crippen molar-refractivity contribution < 1.29 is 4.79 Å². The van der Waals surface area contributed by atoms with Crippen molar-refractivity contribution in [2.24, 2.45) is 0 Å². The Kier molecular flexibility index (Phi) is 4.84. The van der Waals surface area contributed by atoms with Crippen molar-refractivity contribution in [2.75, 3.05) is 6.54 Å². The first-order valence-electron chi connectivity index (χ1n) is 10.2. The van der Waals surface area contributed by atoms with E-state index in [1.54, 1.807) is 6.07 Å². The molecule has 2 aromatic heterocycles. The third-order valence-electron chi connectivity index (χ3n) is 5.66. The molecule has 152 valence electrons. The van der Waals surface area contributed by atoms with Crippen molar-refractivity contribution in [3.63, 3.8) is 0 Å². The molecular weight excluding hydrogens is 386 g/mol. The van der Waals surface area contributed by atoms with Gasteiger partial charge in [-0.25, -0.2) is 0 Å². The second-order valence-electron chi connectivity index (χ2n) is 7.56. The number of rotatable bonds is 5. The van der Waals surface area contributed by atoms with E-state index in [1.807, 2.05) is 66.9 Å². The summed E-state index contributed by atoms with van der Waals surface area (Å²) in [7, 11) is 0. The summed E-state index contributed by atoms with van der Waals surface area (Å²) in [4.78, 5) is 31.5. The molecular formula is C26H21N3O2. The minimum atomic E-state index is -0.389. The molecule has 1 amide bonds. The first-order chi connectivity index (χ1) is 15.2. The van der Waals surface area contributed by atoms with E-state index in [4.69, 9.17) is 0 Å². The third kappa shape index (κ3) is 3.62. The molecule has 0 saturated heterocycles. The fourth-order valence-electron chi connectivity index (χ4n) is 4.08. The molecule has 5 nitrogen and oxygen atoms in total. The predicted octanol–water partition coefficient (Wildman–Crippen LogP) is 4.57. The SMILES string of the molecule is O=C(NCC(c1ccccc1)c1c[nH]c2ccccc12)c1cc2ccccc2[nH]c1=O. The summed E-state index contributed by atoms with van der Waals surface area (Å²) in [5.74, 6) is -0.436. The number of carbonyl (C=O) groups is 1. The van der Waals surface area contributed by atoms with Crippen molar-refractivity contribution in [1.29, 1.82) is 0 Å². The van der Waals surface area contributed by atoms with E-state index >= 15 is 0 Å². The summed E-state index contributed by atoms with van der Waals surface area (Å²) in [6, 6.07) is 27.3. The van der Waals surface area contributed by atoms with E-state index in [0.29, 0.717) is 12.1 Å². The van der Waals surface area contributed by atoms with Crippen LogP contribution in [0, 0.1) is 0 Å². The quantitative estimate of drug-likeness (QED) is 0.399. The molecule has 0 aliphatic heterocycles. The monoisotopic (exact) mass is 407 g/mol. The number of nitrogens with one attached hydrogen (secondary N) is 3. The molecule has 2 heterocycles. The molecule has 3 N–H and O–H groups in total. The highest BCUT2D eigenvalue weighted by Crippen LogP contribution is 2.30. The Labute approximate surface area is 178 Å². The van der Waals surface area contributed by atoms with E-state index in [2.05, 4.69) is 33.5 Å². The van der Waals surface area contributed by atoms with E-state index in [9.17, 15) is 9.59 Å². The fourth-order valence-corrected chi connectivity index (χ4v) is 4.08. The number of aromatic nitrogens is 2. The van der Waals surface area contributed by atoms with E-state index < -0.39 is 0 Å². The number of carbonyl (C=O) groups excluding carboxylic acids is 1. The Balaban J connectivity index is 1.47. The van der Waals surface area contributed by atoms with Gasteiger partial charge in [0.15, 0.2) is 0 Å². The zero-order valence-corrected chi connectivity index (χ0v) is 16.8. The maximum Gasteiger partial charge on any atom is 0.261 e. The van der Waals surface area contributed by atoms with Crippen LogP contribution in [0.15, 0.2) is 95.9 Å². The molecule has 0 spiro atoms. The lowest BCUT2D eigenvalue weighted by molar-refractivity contribution is 0.0951. The number of benzene rings is 3. The van der Waals surface area contributed by atoms with Gasteiger partial charge in [0.25, 0.3) is 11.5 Å². The summed E-state index contributed by atoms with van der Waals surface area (Å²) < 4.78 is 0. The molecule has 5 rings (SSSR count). The summed E-state index contributed by atoms with van der Waals surface area (Å²) in [5, 5.41) is 4.93. The van der Waals surface area contributed by atoms with Crippen LogP contribution >= 0.6 is 0 Å². The van der Waals surface area contributed by atoms with Gasteiger partial charge in [-0.1, -0.05) is 66.7 Å². The number of pyridine rings is 1. The number of fused-ring (bicyclic) bond motifs is 2. The highest BCUT2D eigenvalue weighted by atomic mass is 16.2. The molecule has 5 aromatic rings. The van der Waals surface area contributed by atoms with Crippen LogP contribution in [0.3, 0.4) is 0 Å². The van der Waals surface area contributed by atoms with Gasteiger partial charge < -0.3 is 15.3 Å². The van der Waals surface area contributed by atoms with Gasteiger partial charge in [-0.3, -0.25) is 9.59 Å². The van der Waals surface area contributed by atoms with Crippen molar-refractivity contribution in [3.05, 3.63) is 118 Å². The van der Waals surface area contributed by atoms with Gasteiger partial charge in [-0.2, -0.15) is 0 Å². The van der Waals surface area contributed by atoms with Crippen LogP contribution in [-0.4, -0.2) is 22.4 Å². The van der Waals surface area contributed by atoms with Crippen LogP contribution in [0.1, 0.15) is 27.4 Å². The highest BCUT2D eigenvalue weighted by molar-refractivity contribution is 5.97. The fraction of sp³-hybridized carbons (Fsp3) is 0.0769. The average Bonchev–Trinajstić information content (AvgIpc) is 3.23. The van der Waals surface area contributed by atoms with Crippen LogP contribution in [-0.2, 0) is 0 Å². The van der Waals surface area contributed by atoms with Crippen LogP contribution in [0.25, 0.3) is 21.8 Å². The van der Waals surface area contributed by atoms with Gasteiger partial charge in [-0.05, 0) is 34.7 Å². The highest BCUT2D eigenvalue weighted by Gasteiger charge is 2.20. The normalized spacial score (nSPS) is 12.1. The number of hydrogen-bond donors (Lipinski definition) is 3. The molecule has 3 aromatic carbocycles. The van der Waals surface area contributed by atoms with Crippen molar-refractivity contribution in [1.82, 2.24) is 15.3 Å². The lowest BCUT2D eigenvalue weighted by atomic mass is 9.91. The standard InChI is InChI=1S/C26H21N3O2/c30-25(20-14-18-10-4-6-12-23(18)29-26(20)31)28-15-21(17-8-2-1-3-9-17)22-16-27-24-13-7-5-11-19(22)24/h1-14,16,21,27H,15H2,(H,28,30)(H,29,31). The number of hydrogen-bond acceptors (Lipinski definition) is 2. The molecule has 31 heavy (non-hydrogen) atoms. The van der Waals surface area contributed by atoms with Crippen molar-refractivity contribution in [2.45, 2.75) is 5.92 Å². The summed E-state index contributed by atoms with van der Waals surface area (Å²) in [5.41, 5.74) is 3.69. The average molecular weight is 407 g/mol. The lowest BCUT2D eigenvalue weighted by Crippen LogP contribution is -2.32. The first-order valence-corrected chi connectivity index (χ1v) is 10.2. The summed E-state index contributed by atoms with van der Waals surface area (Å²) in [6.45, 7) is 0.372. The molecule has 0 saturated carbocycles. The molecule has 0 aliphatic rings. The summed E-state index contributed by atoms with van der Waals surface area (Å²) in [6.07, 6.45) is 2.00. The Morgan fingerprint density at radius 3 is 2.42 bits per heavy atom. The van der Waals surface area contributed by atoms with Gasteiger partial charge >= 0.3 is 0 Å². The maximum absolute atomic E-state index is 12.9. The molecule has 5 heteroatoms. The number of para-hydroxylation sites is 2. The molecule has 1 unspecified atom stereocenters. The van der Waals surface area contributed by atoms with Gasteiger partial charge in [0, 0.05) is 35.1 Å². The Bertz CT molecular complexity index is 1430. The van der Waals surface area contributed by atoms with E-state index in [-0.39, 0.29) is 22.9 Å². The van der Waals surface area contributed by atoms with E-state index in [0.717, 1.165) is 27.4 Å². The minimum Gasteiger partial charge on any atom is -0.361 e. The topological polar surface area (TPSA) is 77.8 Å². The van der Waals surface area contributed by atoms with Crippen molar-refractivity contribution >= 4 is 27.7 Å². The summed E-state index contributed by atoms with van der Waals surface area (Å²) >= 11 is 0. The van der Waals surface area contributed by atoms with Crippen LogP contribution in [0.5, 0.6) is 0 Å². The second kappa shape index (κ2) is 7.95. The van der Waals surface area contributed by atoms with Gasteiger partial charge in [0.1, 0.15) is 5.56 Å². The zero-order valence-electron chi connectivity index (χ0n) is 16.8. The zero-order chi connectivity index (χ0) is 21.2. The number of H-pyrrole nitrogens is 2. The van der Waals surface area contributed by atoms with Gasteiger partial charge in [-0.15, -0.1) is 0 Å². The number of aromatic amines is 2. The molecule has 1 atom stereocenters. The Morgan fingerprint density at radius 2 is 1.58 bits per heavy atom. The molecule has 0 bridgehead atoms. The molecule has 0 radical (unpaired) electrons.